The largest absolute Gasteiger partial charge is 0.305 e. The summed E-state index contributed by atoms with van der Waals surface area (Å²) in [6.07, 6.45) is 3.94. The Kier molecular flexibility index (Phi) is 2.80. The predicted molar refractivity (Wildman–Crippen MR) is 78.4 cm³/mol. The smallest absolute Gasteiger partial charge is 0.156 e. The Morgan fingerprint density at radius 1 is 1.12 bits per heavy atom. The number of hydrogen-bond donors (Lipinski definition) is 0. The van der Waals surface area contributed by atoms with Gasteiger partial charge in [-0.2, -0.15) is 0 Å². The second kappa shape index (κ2) is 4.31. The van der Waals surface area contributed by atoms with Crippen LogP contribution in [0.5, 0.6) is 0 Å². The van der Waals surface area contributed by atoms with Crippen molar-refractivity contribution in [1.82, 2.24) is 9.38 Å². The summed E-state index contributed by atoms with van der Waals surface area (Å²) in [6, 6.07) is 12.0. The van der Waals surface area contributed by atoms with E-state index in [0.29, 0.717) is 5.02 Å². The lowest BCUT2D eigenvalue weighted by atomic mass is 10.2. The van der Waals surface area contributed by atoms with Gasteiger partial charge >= 0.3 is 0 Å². The second-order valence-electron chi connectivity index (χ2n) is 3.72. The molecule has 0 aliphatic rings. The van der Waals surface area contributed by atoms with Gasteiger partial charge < -0.3 is 4.40 Å². The molecular formula is C13H8ClIN2. The van der Waals surface area contributed by atoms with Crippen LogP contribution in [0.25, 0.3) is 16.9 Å². The molecule has 0 N–H and O–H groups in total. The molecule has 0 saturated heterocycles. The van der Waals surface area contributed by atoms with Crippen LogP contribution in [0, 0.1) is 3.57 Å². The Bertz CT molecular complexity index is 673. The summed E-state index contributed by atoms with van der Waals surface area (Å²) in [6.45, 7) is 0. The zero-order valence-corrected chi connectivity index (χ0v) is 11.7. The number of fused-ring (bicyclic) bond motifs is 1. The molecular weight excluding hydrogens is 347 g/mol. The molecule has 3 rings (SSSR count). The van der Waals surface area contributed by atoms with Crippen molar-refractivity contribution in [2.45, 2.75) is 0 Å². The first-order chi connectivity index (χ1) is 8.24. The molecule has 0 spiro atoms. The summed E-state index contributed by atoms with van der Waals surface area (Å²) in [4.78, 5) is 4.54. The van der Waals surface area contributed by atoms with Gasteiger partial charge in [-0.05, 0) is 46.9 Å². The Hall–Kier alpha value is -1.07. The molecule has 0 radical (unpaired) electrons. The zero-order chi connectivity index (χ0) is 11.8. The topological polar surface area (TPSA) is 17.3 Å². The predicted octanol–water partition coefficient (Wildman–Crippen LogP) is 4.26. The number of hydrogen-bond acceptors (Lipinski definition) is 1. The van der Waals surface area contributed by atoms with Gasteiger partial charge in [-0.25, -0.2) is 4.98 Å². The molecule has 2 heterocycles. The number of benzene rings is 1. The van der Waals surface area contributed by atoms with E-state index in [1.54, 1.807) is 0 Å². The van der Waals surface area contributed by atoms with Crippen molar-refractivity contribution in [3.8, 4) is 11.3 Å². The van der Waals surface area contributed by atoms with Crippen molar-refractivity contribution in [3.63, 3.8) is 0 Å². The summed E-state index contributed by atoms with van der Waals surface area (Å²) >= 11 is 8.39. The monoisotopic (exact) mass is 354 g/mol. The van der Waals surface area contributed by atoms with Gasteiger partial charge in [0, 0.05) is 21.5 Å². The van der Waals surface area contributed by atoms with Crippen LogP contribution in [0.15, 0.2) is 48.8 Å². The average molecular weight is 355 g/mol. The molecule has 0 aliphatic carbocycles. The molecule has 84 valence electrons. The van der Waals surface area contributed by atoms with Gasteiger partial charge in [0.2, 0.25) is 0 Å². The van der Waals surface area contributed by atoms with Crippen LogP contribution in [0.1, 0.15) is 0 Å². The fraction of sp³-hybridized carbons (Fsp3) is 0. The Morgan fingerprint density at radius 2 is 1.88 bits per heavy atom. The van der Waals surface area contributed by atoms with E-state index < -0.39 is 0 Å². The molecule has 0 aliphatic heterocycles. The zero-order valence-electron chi connectivity index (χ0n) is 8.77. The van der Waals surface area contributed by atoms with Crippen LogP contribution in [0.3, 0.4) is 0 Å². The molecule has 0 unspecified atom stereocenters. The number of nitrogens with zero attached hydrogens (tertiary/aromatic N) is 2. The highest BCUT2D eigenvalue weighted by molar-refractivity contribution is 14.1. The van der Waals surface area contributed by atoms with E-state index in [9.17, 15) is 0 Å². The van der Waals surface area contributed by atoms with Crippen molar-refractivity contribution in [3.05, 3.63) is 57.4 Å². The van der Waals surface area contributed by atoms with Gasteiger partial charge in [0.1, 0.15) is 0 Å². The molecule has 2 aromatic heterocycles. The summed E-state index contributed by atoms with van der Waals surface area (Å²) < 4.78 is 3.16. The van der Waals surface area contributed by atoms with E-state index in [1.807, 2.05) is 28.9 Å². The molecule has 2 nitrogen and oxygen atoms in total. The van der Waals surface area contributed by atoms with E-state index in [0.717, 1.165) is 16.9 Å². The summed E-state index contributed by atoms with van der Waals surface area (Å²) in [5.74, 6) is 0. The Morgan fingerprint density at radius 3 is 2.59 bits per heavy atom. The van der Waals surface area contributed by atoms with E-state index >= 15 is 0 Å². The number of aromatic nitrogens is 2. The molecule has 4 heteroatoms. The van der Waals surface area contributed by atoms with E-state index in [1.165, 1.54) is 3.57 Å². The standard InChI is InChI=1S/C13H8ClIN2/c14-11-2-1-7-17-8-12(16-13(11)17)9-3-5-10(15)6-4-9/h1-8H. The minimum absolute atomic E-state index is 0.671. The quantitative estimate of drug-likeness (QED) is 0.597. The number of rotatable bonds is 1. The number of halogens is 2. The third-order valence-electron chi connectivity index (χ3n) is 2.58. The van der Waals surface area contributed by atoms with Crippen LogP contribution < -0.4 is 0 Å². The van der Waals surface area contributed by atoms with E-state index in [4.69, 9.17) is 11.6 Å². The molecule has 0 fully saturated rings. The van der Waals surface area contributed by atoms with Crippen LogP contribution in [-0.4, -0.2) is 9.38 Å². The molecule has 0 saturated carbocycles. The Balaban J connectivity index is 2.18. The number of imidazole rings is 1. The van der Waals surface area contributed by atoms with Crippen molar-refractivity contribution in [2.24, 2.45) is 0 Å². The van der Waals surface area contributed by atoms with Gasteiger partial charge in [0.15, 0.2) is 5.65 Å². The van der Waals surface area contributed by atoms with Crippen LogP contribution >= 0.6 is 34.2 Å². The highest BCUT2D eigenvalue weighted by Crippen LogP contribution is 2.23. The second-order valence-corrected chi connectivity index (χ2v) is 5.37. The molecule has 1 aromatic carbocycles. The first-order valence-electron chi connectivity index (χ1n) is 5.13. The fourth-order valence-electron chi connectivity index (χ4n) is 1.74. The molecule has 0 bridgehead atoms. The van der Waals surface area contributed by atoms with Gasteiger partial charge in [0.25, 0.3) is 0 Å². The summed E-state index contributed by atoms with van der Waals surface area (Å²) in [5, 5.41) is 0.671. The van der Waals surface area contributed by atoms with Crippen LogP contribution in [0.4, 0.5) is 0 Å². The van der Waals surface area contributed by atoms with Crippen LogP contribution in [-0.2, 0) is 0 Å². The molecule has 0 atom stereocenters. The summed E-state index contributed by atoms with van der Waals surface area (Å²) in [7, 11) is 0. The van der Waals surface area contributed by atoms with Crippen LogP contribution in [0.2, 0.25) is 5.02 Å². The molecule has 3 aromatic rings. The first kappa shape index (κ1) is 11.0. The lowest BCUT2D eigenvalue weighted by molar-refractivity contribution is 1.19. The van der Waals surface area contributed by atoms with Crippen molar-refractivity contribution in [1.29, 1.82) is 0 Å². The normalized spacial score (nSPS) is 10.9. The van der Waals surface area contributed by atoms with Gasteiger partial charge in [0.05, 0.1) is 10.7 Å². The molecule has 0 amide bonds. The maximum Gasteiger partial charge on any atom is 0.156 e. The SMILES string of the molecule is Clc1cccn2cc(-c3ccc(I)cc3)nc12. The van der Waals surface area contributed by atoms with Crippen molar-refractivity contribution in [2.75, 3.05) is 0 Å². The lowest BCUT2D eigenvalue weighted by Crippen LogP contribution is -1.80. The highest BCUT2D eigenvalue weighted by Gasteiger charge is 2.06. The maximum atomic E-state index is 6.10. The fourth-order valence-corrected chi connectivity index (χ4v) is 2.31. The number of pyridine rings is 1. The summed E-state index contributed by atoms with van der Waals surface area (Å²) in [5.41, 5.74) is 2.84. The lowest BCUT2D eigenvalue weighted by Gasteiger charge is -1.95. The van der Waals surface area contributed by atoms with Gasteiger partial charge in [-0.1, -0.05) is 23.7 Å². The van der Waals surface area contributed by atoms with E-state index in [-0.39, 0.29) is 0 Å². The van der Waals surface area contributed by atoms with Gasteiger partial charge in [-0.3, -0.25) is 0 Å². The molecule has 17 heavy (non-hydrogen) atoms. The third kappa shape index (κ3) is 2.05. The first-order valence-corrected chi connectivity index (χ1v) is 6.59. The third-order valence-corrected chi connectivity index (χ3v) is 3.59. The minimum atomic E-state index is 0.671. The Labute approximate surface area is 117 Å². The highest BCUT2D eigenvalue weighted by atomic mass is 127. The maximum absolute atomic E-state index is 6.10. The minimum Gasteiger partial charge on any atom is -0.305 e. The van der Waals surface area contributed by atoms with Crippen molar-refractivity contribution < 1.29 is 0 Å². The average Bonchev–Trinajstić information content (AvgIpc) is 2.75. The van der Waals surface area contributed by atoms with Gasteiger partial charge in [-0.15, -0.1) is 0 Å². The van der Waals surface area contributed by atoms with Crippen molar-refractivity contribution >= 4 is 39.8 Å². The van der Waals surface area contributed by atoms with E-state index in [2.05, 4.69) is 51.8 Å².